The summed E-state index contributed by atoms with van der Waals surface area (Å²) in [6.07, 6.45) is 0.796. The van der Waals surface area contributed by atoms with Crippen LogP contribution in [0.1, 0.15) is 5.56 Å². The Bertz CT molecular complexity index is 385. The molecular weight excluding hydrogens is 167 g/mol. The first-order valence-electron chi connectivity index (χ1n) is 3.06. The van der Waals surface area contributed by atoms with Crippen molar-refractivity contribution < 1.29 is 9.31 Å². The van der Waals surface area contributed by atoms with E-state index in [0.29, 0.717) is 0 Å². The van der Waals surface area contributed by atoms with Crippen LogP contribution >= 0.6 is 0 Å². The zero-order valence-electron chi connectivity index (χ0n) is 6.13. The molecule has 0 spiro atoms. The molecule has 0 aliphatic heterocycles. The summed E-state index contributed by atoms with van der Waals surface area (Å²) >= 11 is 0. The van der Waals surface area contributed by atoms with Crippen molar-refractivity contribution in [1.82, 2.24) is 4.98 Å². The lowest BCUT2D eigenvalue weighted by molar-refractivity contribution is -0.387. The van der Waals surface area contributed by atoms with Crippen LogP contribution < -0.4 is 5.56 Å². The number of halogens is 1. The molecule has 0 radical (unpaired) electrons. The second kappa shape index (κ2) is 2.72. The van der Waals surface area contributed by atoms with Gasteiger partial charge in [-0.1, -0.05) is 0 Å². The fraction of sp³-hybridized carbons (Fsp3) is 0.167. The largest absolute Gasteiger partial charge is 0.339 e. The minimum absolute atomic E-state index is 0.247. The molecule has 0 saturated carbocycles. The summed E-state index contributed by atoms with van der Waals surface area (Å²) in [5, 5.41) is 10.2. The molecule has 0 aliphatic rings. The fourth-order valence-corrected chi connectivity index (χ4v) is 0.809. The Kier molecular flexibility index (Phi) is 1.90. The minimum Gasteiger partial charge on any atom is -0.320 e. The molecule has 0 atom stereocenters. The van der Waals surface area contributed by atoms with Crippen molar-refractivity contribution in [3.05, 3.63) is 38.0 Å². The Morgan fingerprint density at radius 1 is 1.67 bits per heavy atom. The molecule has 1 heterocycles. The zero-order valence-corrected chi connectivity index (χ0v) is 6.13. The smallest absolute Gasteiger partial charge is 0.320 e. The summed E-state index contributed by atoms with van der Waals surface area (Å²) in [7, 11) is 0. The minimum atomic E-state index is -0.906. The van der Waals surface area contributed by atoms with E-state index >= 15 is 0 Å². The van der Waals surface area contributed by atoms with Gasteiger partial charge in [-0.15, -0.1) is 0 Å². The lowest BCUT2D eigenvalue weighted by Crippen LogP contribution is -2.13. The summed E-state index contributed by atoms with van der Waals surface area (Å²) in [6.45, 7) is 1.18. The molecule has 1 aromatic heterocycles. The molecule has 0 aliphatic carbocycles. The summed E-state index contributed by atoms with van der Waals surface area (Å²) in [5.74, 6) is -0.790. The van der Waals surface area contributed by atoms with Gasteiger partial charge in [0.25, 0.3) is 0 Å². The van der Waals surface area contributed by atoms with E-state index in [1.54, 1.807) is 0 Å². The van der Waals surface area contributed by atoms with Crippen LogP contribution in [-0.4, -0.2) is 9.91 Å². The van der Waals surface area contributed by atoms with E-state index in [2.05, 4.69) is 0 Å². The quantitative estimate of drug-likeness (QED) is 0.501. The topological polar surface area (TPSA) is 76.0 Å². The Labute approximate surface area is 66.0 Å². The highest BCUT2D eigenvalue weighted by Crippen LogP contribution is 2.13. The van der Waals surface area contributed by atoms with Gasteiger partial charge in [0, 0.05) is 6.20 Å². The number of nitrogens with one attached hydrogen (secondary N) is 1. The number of rotatable bonds is 1. The summed E-state index contributed by atoms with van der Waals surface area (Å²) < 4.78 is 12.6. The first-order chi connectivity index (χ1) is 5.54. The van der Waals surface area contributed by atoms with Gasteiger partial charge >= 0.3 is 11.2 Å². The molecule has 64 valence electrons. The number of aromatic nitrogens is 1. The number of H-pyrrole nitrogens is 1. The van der Waals surface area contributed by atoms with E-state index in [4.69, 9.17) is 0 Å². The highest BCUT2D eigenvalue weighted by molar-refractivity contribution is 5.36. The van der Waals surface area contributed by atoms with Gasteiger partial charge in [0.1, 0.15) is 5.82 Å². The van der Waals surface area contributed by atoms with E-state index in [1.807, 2.05) is 4.98 Å². The van der Waals surface area contributed by atoms with E-state index in [9.17, 15) is 19.3 Å². The molecule has 0 saturated heterocycles. The molecule has 6 heteroatoms. The van der Waals surface area contributed by atoms with Crippen molar-refractivity contribution in [1.29, 1.82) is 0 Å². The molecule has 0 amide bonds. The Morgan fingerprint density at radius 3 is 2.67 bits per heavy atom. The van der Waals surface area contributed by atoms with Crippen LogP contribution in [0, 0.1) is 22.9 Å². The normalized spacial score (nSPS) is 9.83. The molecule has 0 unspecified atom stereocenters. The van der Waals surface area contributed by atoms with Crippen molar-refractivity contribution in [2.45, 2.75) is 6.92 Å². The average Bonchev–Trinajstić information content (AvgIpc) is 1.97. The fourth-order valence-electron chi connectivity index (χ4n) is 0.809. The molecule has 12 heavy (non-hydrogen) atoms. The lowest BCUT2D eigenvalue weighted by Gasteiger charge is -1.95. The van der Waals surface area contributed by atoms with Crippen LogP contribution in [0.15, 0.2) is 11.0 Å². The van der Waals surface area contributed by atoms with Gasteiger partial charge in [-0.2, -0.15) is 0 Å². The molecule has 1 rings (SSSR count). The van der Waals surface area contributed by atoms with Gasteiger partial charge < -0.3 is 4.98 Å². The first-order valence-corrected chi connectivity index (χ1v) is 3.06. The van der Waals surface area contributed by atoms with Crippen molar-refractivity contribution in [2.24, 2.45) is 0 Å². The number of aromatic amines is 1. The Morgan fingerprint density at radius 2 is 2.25 bits per heavy atom. The van der Waals surface area contributed by atoms with Crippen molar-refractivity contribution in [2.75, 3.05) is 0 Å². The first kappa shape index (κ1) is 8.38. The number of pyridine rings is 1. The number of hydrogen-bond donors (Lipinski definition) is 1. The Hall–Kier alpha value is -1.72. The van der Waals surface area contributed by atoms with E-state index in [-0.39, 0.29) is 5.56 Å². The molecule has 0 fully saturated rings. The zero-order chi connectivity index (χ0) is 9.30. The van der Waals surface area contributed by atoms with Gasteiger partial charge in [0.15, 0.2) is 0 Å². The third-order valence-corrected chi connectivity index (χ3v) is 1.44. The standard InChI is InChI=1S/C6H5FN2O3/c1-3-4(7)2-8-6(10)5(3)9(11)12/h2H,1H3,(H,8,10). The summed E-state index contributed by atoms with van der Waals surface area (Å²) in [4.78, 5) is 22.0. The molecule has 5 nitrogen and oxygen atoms in total. The Balaban J connectivity index is 3.54. The SMILES string of the molecule is Cc1c(F)c[nH]c(=O)c1[N+](=O)[O-]. The lowest BCUT2D eigenvalue weighted by atomic mass is 10.2. The van der Waals surface area contributed by atoms with Crippen LogP contribution in [0.2, 0.25) is 0 Å². The maximum Gasteiger partial charge on any atom is 0.339 e. The number of nitro groups is 1. The van der Waals surface area contributed by atoms with Gasteiger partial charge in [-0.05, 0) is 6.92 Å². The molecular formula is C6H5FN2O3. The third-order valence-electron chi connectivity index (χ3n) is 1.44. The molecule has 1 N–H and O–H groups in total. The predicted molar refractivity (Wildman–Crippen MR) is 38.4 cm³/mol. The maximum absolute atomic E-state index is 12.6. The highest BCUT2D eigenvalue weighted by Gasteiger charge is 2.18. The molecule has 0 bridgehead atoms. The van der Waals surface area contributed by atoms with Crippen molar-refractivity contribution in [3.8, 4) is 0 Å². The second-order valence-corrected chi connectivity index (χ2v) is 2.20. The summed E-state index contributed by atoms with van der Waals surface area (Å²) in [6, 6.07) is 0. The molecule has 1 aromatic rings. The van der Waals surface area contributed by atoms with Crippen molar-refractivity contribution in [3.63, 3.8) is 0 Å². The monoisotopic (exact) mass is 172 g/mol. The van der Waals surface area contributed by atoms with E-state index in [1.165, 1.54) is 6.92 Å². The van der Waals surface area contributed by atoms with E-state index < -0.39 is 22.0 Å². The maximum atomic E-state index is 12.6. The number of nitrogens with zero attached hydrogens (tertiary/aromatic N) is 1. The molecule has 0 aromatic carbocycles. The van der Waals surface area contributed by atoms with Crippen LogP contribution in [0.3, 0.4) is 0 Å². The second-order valence-electron chi connectivity index (χ2n) is 2.20. The van der Waals surface area contributed by atoms with Crippen LogP contribution in [0.4, 0.5) is 10.1 Å². The summed E-state index contributed by atoms with van der Waals surface area (Å²) in [5.41, 5.74) is -1.88. The van der Waals surface area contributed by atoms with Crippen LogP contribution in [0.5, 0.6) is 0 Å². The van der Waals surface area contributed by atoms with Gasteiger partial charge in [0.05, 0.1) is 10.5 Å². The van der Waals surface area contributed by atoms with Crippen LogP contribution in [0.25, 0.3) is 0 Å². The van der Waals surface area contributed by atoms with Crippen LogP contribution in [-0.2, 0) is 0 Å². The van der Waals surface area contributed by atoms with Crippen molar-refractivity contribution >= 4 is 5.69 Å². The number of hydrogen-bond acceptors (Lipinski definition) is 3. The van der Waals surface area contributed by atoms with Gasteiger partial charge in [0.2, 0.25) is 0 Å². The third kappa shape index (κ3) is 1.18. The highest BCUT2D eigenvalue weighted by atomic mass is 19.1. The van der Waals surface area contributed by atoms with Gasteiger partial charge in [-0.25, -0.2) is 4.39 Å². The predicted octanol–water partition coefficient (Wildman–Crippen LogP) is 0.731. The van der Waals surface area contributed by atoms with Gasteiger partial charge in [-0.3, -0.25) is 14.9 Å². The van der Waals surface area contributed by atoms with E-state index in [0.717, 1.165) is 6.20 Å². The average molecular weight is 172 g/mol.